The normalized spacial score (nSPS) is 20.7. The molecule has 0 spiro atoms. The van der Waals surface area contributed by atoms with Gasteiger partial charge >= 0.3 is 12.1 Å². The summed E-state index contributed by atoms with van der Waals surface area (Å²) in [7, 11) is 1.43. The fraction of sp³-hybridized carbons (Fsp3) is 0.422. The molecule has 2 aromatic heterocycles. The number of amides is 1. The molecule has 3 aliphatic rings. The second kappa shape index (κ2) is 16.8. The lowest BCUT2D eigenvalue weighted by Crippen LogP contribution is -2.49. The van der Waals surface area contributed by atoms with E-state index in [1.807, 2.05) is 0 Å². The Balaban J connectivity index is 1.27. The Morgan fingerprint density at radius 2 is 1.73 bits per heavy atom. The molecule has 11 nitrogen and oxygen atoms in total. The predicted octanol–water partition coefficient (Wildman–Crippen LogP) is 9.34. The molecule has 5 heterocycles. The molecule has 0 saturated carbocycles. The third-order valence-electron chi connectivity index (χ3n) is 11.5. The van der Waals surface area contributed by atoms with Gasteiger partial charge in [0.05, 0.1) is 16.5 Å². The molecule has 3 saturated heterocycles. The van der Waals surface area contributed by atoms with Gasteiger partial charge in [0.2, 0.25) is 0 Å². The molecule has 0 aliphatic carbocycles. The zero-order valence-electron chi connectivity index (χ0n) is 34.5. The number of fused-ring (bicyclic) bond motifs is 3. The number of alkyl halides is 1. The molecule has 1 amide bonds. The number of carbonyl (C=O) groups excluding carboxylic acids is 1. The zero-order chi connectivity index (χ0) is 44.1. The summed E-state index contributed by atoms with van der Waals surface area (Å²) >= 11 is 0. The minimum atomic E-state index is -1.60. The number of carbonyl (C=O) groups is 1. The van der Waals surface area contributed by atoms with Crippen molar-refractivity contribution in [3.05, 3.63) is 82.8 Å². The largest absolute Gasteiger partial charge is 0.468 e. The van der Waals surface area contributed by atoms with E-state index in [2.05, 4.69) is 15.9 Å². The molecule has 3 aliphatic heterocycles. The summed E-state index contributed by atoms with van der Waals surface area (Å²) in [6.07, 6.45) is 7.86. The summed E-state index contributed by atoms with van der Waals surface area (Å²) in [6, 6.07) is 6.61. The first-order valence-electron chi connectivity index (χ1n) is 20.3. The van der Waals surface area contributed by atoms with Crippen molar-refractivity contribution in [3.63, 3.8) is 0 Å². The summed E-state index contributed by atoms with van der Waals surface area (Å²) < 4.78 is 114. The van der Waals surface area contributed by atoms with Crippen LogP contribution >= 0.6 is 0 Å². The number of ether oxygens (including phenoxy) is 4. The number of hydrogen-bond acceptors (Lipinski definition) is 10. The van der Waals surface area contributed by atoms with E-state index in [-0.39, 0.29) is 95.7 Å². The summed E-state index contributed by atoms with van der Waals surface area (Å²) in [4.78, 5) is 29.4. The lowest BCUT2D eigenvalue weighted by Gasteiger charge is -2.36. The molecular formula is C45H44F6N6O5. The molecule has 8 rings (SSSR count). The average Bonchev–Trinajstić information content (AvgIpc) is 3.61. The molecule has 3 atom stereocenters. The van der Waals surface area contributed by atoms with Crippen LogP contribution in [0.4, 0.5) is 37.0 Å². The molecule has 3 fully saturated rings. The molecule has 62 heavy (non-hydrogen) atoms. The predicted molar refractivity (Wildman–Crippen MR) is 218 cm³/mol. The molecule has 5 aromatic rings. The summed E-state index contributed by atoms with van der Waals surface area (Å²) in [5.41, 5.74) is -2.28. The molecule has 0 radical (unpaired) electrons. The van der Waals surface area contributed by atoms with Crippen molar-refractivity contribution in [3.8, 4) is 35.4 Å². The highest BCUT2D eigenvalue weighted by atomic mass is 19.2. The molecular weight excluding hydrogens is 819 g/mol. The van der Waals surface area contributed by atoms with Crippen LogP contribution in [0.15, 0.2) is 42.6 Å². The van der Waals surface area contributed by atoms with Gasteiger partial charge in [0.15, 0.2) is 35.9 Å². The molecule has 17 heteroatoms. The van der Waals surface area contributed by atoms with Crippen LogP contribution in [0, 0.1) is 41.4 Å². The highest BCUT2D eigenvalue weighted by molar-refractivity contribution is 6.03. The van der Waals surface area contributed by atoms with E-state index < -0.39 is 58.5 Å². The van der Waals surface area contributed by atoms with Gasteiger partial charge in [0.1, 0.15) is 41.2 Å². The lowest BCUT2D eigenvalue weighted by molar-refractivity contribution is 0.0232. The average molecular weight is 863 g/mol. The van der Waals surface area contributed by atoms with Crippen LogP contribution in [-0.4, -0.2) is 88.4 Å². The maximum absolute atomic E-state index is 17.5. The fourth-order valence-corrected chi connectivity index (χ4v) is 8.88. The smallest absolute Gasteiger partial charge is 0.429 e. The first-order valence-corrected chi connectivity index (χ1v) is 20.3. The van der Waals surface area contributed by atoms with Crippen molar-refractivity contribution in [2.45, 2.75) is 82.6 Å². The SMILES string of the molecule is C#Cc1c(F)ccc2cc(OCOC)cc(-c3ncc4c(N5CCCCCN5C(=O)OC(C)(C)C)nc(OC[C@@]56CC[C@@H](c7cc(F)c(F)c(F)c7)N5C[C@H](F)C6)nc4c3F)c12. The van der Waals surface area contributed by atoms with E-state index in [4.69, 9.17) is 30.4 Å². The van der Waals surface area contributed by atoms with Crippen molar-refractivity contribution in [2.24, 2.45) is 0 Å². The number of pyridine rings is 1. The van der Waals surface area contributed by atoms with Crippen molar-refractivity contribution in [2.75, 3.05) is 45.2 Å². The van der Waals surface area contributed by atoms with Crippen molar-refractivity contribution < 1.29 is 50.1 Å². The Morgan fingerprint density at radius 3 is 2.45 bits per heavy atom. The molecule has 0 unspecified atom stereocenters. The zero-order valence-corrected chi connectivity index (χ0v) is 34.5. The van der Waals surface area contributed by atoms with Crippen LogP contribution in [0.3, 0.4) is 0 Å². The third kappa shape index (κ3) is 8.01. The maximum Gasteiger partial charge on any atom is 0.429 e. The van der Waals surface area contributed by atoms with E-state index in [0.29, 0.717) is 31.1 Å². The van der Waals surface area contributed by atoms with Gasteiger partial charge in [-0.2, -0.15) is 9.97 Å². The lowest BCUT2D eigenvalue weighted by atomic mass is 9.94. The first kappa shape index (κ1) is 42.8. The Bertz CT molecular complexity index is 2580. The second-order valence-electron chi connectivity index (χ2n) is 16.8. The summed E-state index contributed by atoms with van der Waals surface area (Å²) in [6.45, 7) is 5.27. The number of nitrogens with zero attached hydrogens (tertiary/aromatic N) is 6. The van der Waals surface area contributed by atoms with E-state index in [1.165, 1.54) is 36.5 Å². The fourth-order valence-electron chi connectivity index (χ4n) is 8.88. The van der Waals surface area contributed by atoms with E-state index in [0.717, 1.165) is 18.6 Å². The van der Waals surface area contributed by atoms with Crippen molar-refractivity contribution in [1.82, 2.24) is 24.9 Å². The van der Waals surface area contributed by atoms with Gasteiger partial charge in [-0.15, -0.1) is 6.42 Å². The van der Waals surface area contributed by atoms with Gasteiger partial charge in [-0.05, 0) is 94.2 Å². The number of methoxy groups -OCH3 is 1. The quantitative estimate of drug-likeness (QED) is 0.0617. The topological polar surface area (TPSA) is 102 Å². The Labute approximate surface area is 353 Å². The molecule has 0 bridgehead atoms. The second-order valence-corrected chi connectivity index (χ2v) is 16.8. The van der Waals surface area contributed by atoms with Crippen LogP contribution in [0.2, 0.25) is 0 Å². The van der Waals surface area contributed by atoms with Gasteiger partial charge in [0, 0.05) is 56.4 Å². The van der Waals surface area contributed by atoms with Crippen LogP contribution in [0.5, 0.6) is 11.8 Å². The first-order chi connectivity index (χ1) is 29.6. The van der Waals surface area contributed by atoms with E-state index in [1.54, 1.807) is 36.7 Å². The minimum Gasteiger partial charge on any atom is -0.468 e. The number of benzene rings is 3. The Hall–Kier alpha value is -5.86. The standard InChI is InChI=1S/C45H44F6N6O5/c1-6-29-32(47)11-10-25-16-28(61-24-59-5)19-30(36(25)29)39-38(51)40-31(21-52-39)41(56-14-8-7-9-15-57(56)43(58)62-44(2,3)4)54-42(53-40)60-23-45-13-12-35(55(45)22-27(46)20-45)26-17-33(48)37(50)34(49)18-26/h1,10-11,16-19,21,27,35H,7-9,12-15,20,22-24H2,2-5H3/t27-,35+,45+/m1/s1. The van der Waals surface area contributed by atoms with Gasteiger partial charge < -0.3 is 18.9 Å². The number of rotatable bonds is 9. The van der Waals surface area contributed by atoms with E-state index >= 15 is 13.2 Å². The maximum atomic E-state index is 17.5. The molecule has 0 N–H and O–H groups in total. The number of anilines is 1. The van der Waals surface area contributed by atoms with E-state index in [9.17, 15) is 18.0 Å². The van der Waals surface area contributed by atoms with Crippen molar-refractivity contribution >= 4 is 33.6 Å². The number of terminal acetylenes is 1. The van der Waals surface area contributed by atoms with Gasteiger partial charge in [-0.3, -0.25) is 14.9 Å². The molecule has 3 aromatic carbocycles. The van der Waals surface area contributed by atoms with Crippen LogP contribution in [-0.2, 0) is 9.47 Å². The third-order valence-corrected chi connectivity index (χ3v) is 11.5. The highest BCUT2D eigenvalue weighted by Crippen LogP contribution is 2.50. The minimum absolute atomic E-state index is 0.000296. The number of halogens is 6. The highest BCUT2D eigenvalue weighted by Gasteiger charge is 2.54. The van der Waals surface area contributed by atoms with Gasteiger partial charge in [-0.1, -0.05) is 12.0 Å². The number of hydrazine groups is 1. The van der Waals surface area contributed by atoms with Gasteiger partial charge in [0.25, 0.3) is 0 Å². The monoisotopic (exact) mass is 862 g/mol. The number of aromatic nitrogens is 3. The Morgan fingerprint density at radius 1 is 0.968 bits per heavy atom. The Kier molecular flexibility index (Phi) is 11.6. The number of hydrogen-bond donors (Lipinski definition) is 0. The van der Waals surface area contributed by atoms with Crippen LogP contribution in [0.25, 0.3) is 32.9 Å². The van der Waals surface area contributed by atoms with Crippen molar-refractivity contribution in [1.29, 1.82) is 0 Å². The van der Waals surface area contributed by atoms with Crippen LogP contribution < -0.4 is 14.5 Å². The summed E-state index contributed by atoms with van der Waals surface area (Å²) in [5.74, 6) is -3.28. The van der Waals surface area contributed by atoms with Gasteiger partial charge in [-0.25, -0.2) is 36.1 Å². The molecule has 326 valence electrons. The summed E-state index contributed by atoms with van der Waals surface area (Å²) in [5, 5.41) is 3.70. The van der Waals surface area contributed by atoms with Crippen LogP contribution in [0.1, 0.15) is 76.5 Å².